The minimum Gasteiger partial charge on any atom is -0.396 e. The van der Waals surface area contributed by atoms with Gasteiger partial charge in [-0.25, -0.2) is 0 Å². The first kappa shape index (κ1) is 13.4. The molecule has 1 atom stereocenters. The van der Waals surface area contributed by atoms with Crippen molar-refractivity contribution in [2.24, 2.45) is 5.73 Å². The van der Waals surface area contributed by atoms with Crippen LogP contribution in [0.2, 0.25) is 0 Å². The van der Waals surface area contributed by atoms with Crippen molar-refractivity contribution in [3.8, 4) is 0 Å². The number of carbonyl (C=O) groups is 1. The summed E-state index contributed by atoms with van der Waals surface area (Å²) >= 11 is 0. The number of amides is 1. The molecule has 14 heavy (non-hydrogen) atoms. The first-order valence-corrected chi connectivity index (χ1v) is 5.11. The van der Waals surface area contributed by atoms with Crippen LogP contribution in [0.4, 0.5) is 0 Å². The van der Waals surface area contributed by atoms with E-state index in [1.54, 1.807) is 0 Å². The molecular formula is C10H22N2O2. The maximum absolute atomic E-state index is 11.5. The van der Waals surface area contributed by atoms with Gasteiger partial charge in [-0.05, 0) is 26.7 Å². The van der Waals surface area contributed by atoms with Crippen LogP contribution < -0.4 is 11.1 Å². The molecule has 0 radical (unpaired) electrons. The minimum absolute atomic E-state index is 0.0658. The van der Waals surface area contributed by atoms with Crippen molar-refractivity contribution < 1.29 is 9.90 Å². The molecule has 4 heteroatoms. The van der Waals surface area contributed by atoms with E-state index in [9.17, 15) is 4.79 Å². The number of aliphatic hydroxyl groups excluding tert-OH is 1. The van der Waals surface area contributed by atoms with Gasteiger partial charge < -0.3 is 16.2 Å². The third-order valence-corrected chi connectivity index (χ3v) is 2.13. The zero-order valence-corrected chi connectivity index (χ0v) is 9.34. The van der Waals surface area contributed by atoms with Crippen molar-refractivity contribution in [2.45, 2.75) is 51.6 Å². The summed E-state index contributed by atoms with van der Waals surface area (Å²) in [6.45, 7) is 5.81. The Morgan fingerprint density at radius 1 is 1.57 bits per heavy atom. The molecular weight excluding hydrogens is 180 g/mol. The molecule has 4 nitrogen and oxygen atoms in total. The Hall–Kier alpha value is -0.610. The summed E-state index contributed by atoms with van der Waals surface area (Å²) in [5, 5.41) is 11.6. The van der Waals surface area contributed by atoms with E-state index in [1.807, 2.05) is 20.8 Å². The first-order valence-electron chi connectivity index (χ1n) is 5.11. The van der Waals surface area contributed by atoms with Crippen LogP contribution in [0.3, 0.4) is 0 Å². The summed E-state index contributed by atoms with van der Waals surface area (Å²) in [4.78, 5) is 11.5. The van der Waals surface area contributed by atoms with Crippen molar-refractivity contribution in [2.75, 3.05) is 6.61 Å². The maximum atomic E-state index is 11.5. The molecule has 0 unspecified atom stereocenters. The average molecular weight is 202 g/mol. The number of nitrogens with two attached hydrogens (primary N) is 1. The van der Waals surface area contributed by atoms with E-state index in [0.29, 0.717) is 12.8 Å². The van der Waals surface area contributed by atoms with Crippen LogP contribution in [0.15, 0.2) is 0 Å². The molecule has 0 aliphatic heterocycles. The van der Waals surface area contributed by atoms with Crippen LogP contribution >= 0.6 is 0 Å². The molecule has 0 aromatic carbocycles. The third kappa shape index (κ3) is 5.19. The van der Waals surface area contributed by atoms with E-state index in [2.05, 4.69) is 5.32 Å². The SMILES string of the molecule is CCC[C@@H](N)C(=O)NC(C)(C)CCO. The van der Waals surface area contributed by atoms with E-state index in [4.69, 9.17) is 10.8 Å². The Morgan fingerprint density at radius 2 is 2.14 bits per heavy atom. The fourth-order valence-corrected chi connectivity index (χ4v) is 1.21. The Balaban J connectivity index is 4.03. The fraction of sp³-hybridized carbons (Fsp3) is 0.900. The molecule has 1 amide bonds. The molecule has 0 aromatic heterocycles. The third-order valence-electron chi connectivity index (χ3n) is 2.13. The van der Waals surface area contributed by atoms with Crippen molar-refractivity contribution in [1.29, 1.82) is 0 Å². The second kappa shape index (κ2) is 5.98. The molecule has 0 bridgehead atoms. The number of carbonyl (C=O) groups excluding carboxylic acids is 1. The van der Waals surface area contributed by atoms with Gasteiger partial charge in [0.2, 0.25) is 5.91 Å². The van der Waals surface area contributed by atoms with Gasteiger partial charge in [0, 0.05) is 12.1 Å². The smallest absolute Gasteiger partial charge is 0.237 e. The van der Waals surface area contributed by atoms with Gasteiger partial charge in [-0.15, -0.1) is 0 Å². The summed E-state index contributed by atoms with van der Waals surface area (Å²) in [5.74, 6) is -0.134. The standard InChI is InChI=1S/C10H22N2O2/c1-4-5-8(11)9(14)12-10(2,3)6-7-13/h8,13H,4-7,11H2,1-3H3,(H,12,14)/t8-/m1/s1. The van der Waals surface area contributed by atoms with Gasteiger partial charge in [-0.2, -0.15) is 0 Å². The van der Waals surface area contributed by atoms with Crippen LogP contribution in [0, 0.1) is 0 Å². The molecule has 0 spiro atoms. The predicted octanol–water partition coefficient (Wildman–Crippen LogP) is 0.391. The Morgan fingerprint density at radius 3 is 2.57 bits per heavy atom. The highest BCUT2D eigenvalue weighted by molar-refractivity contribution is 5.82. The zero-order chi connectivity index (χ0) is 11.2. The number of rotatable bonds is 6. The Kier molecular flexibility index (Phi) is 5.72. The Bertz CT molecular complexity index is 181. The van der Waals surface area contributed by atoms with Crippen molar-refractivity contribution in [3.63, 3.8) is 0 Å². The van der Waals surface area contributed by atoms with Gasteiger partial charge in [0.25, 0.3) is 0 Å². The monoisotopic (exact) mass is 202 g/mol. The normalized spacial score (nSPS) is 13.8. The van der Waals surface area contributed by atoms with Gasteiger partial charge in [0.15, 0.2) is 0 Å². The van der Waals surface area contributed by atoms with Crippen LogP contribution in [0.1, 0.15) is 40.0 Å². The highest BCUT2D eigenvalue weighted by Gasteiger charge is 2.22. The maximum Gasteiger partial charge on any atom is 0.237 e. The van der Waals surface area contributed by atoms with Gasteiger partial charge in [-0.3, -0.25) is 4.79 Å². The van der Waals surface area contributed by atoms with E-state index < -0.39 is 6.04 Å². The lowest BCUT2D eigenvalue weighted by molar-refractivity contribution is -0.124. The zero-order valence-electron chi connectivity index (χ0n) is 9.34. The van der Waals surface area contributed by atoms with E-state index in [1.165, 1.54) is 0 Å². The molecule has 0 aromatic rings. The number of hydrogen-bond donors (Lipinski definition) is 3. The second-order valence-electron chi connectivity index (χ2n) is 4.24. The molecule has 4 N–H and O–H groups in total. The summed E-state index contributed by atoms with van der Waals surface area (Å²) < 4.78 is 0. The van der Waals surface area contributed by atoms with Gasteiger partial charge in [0.1, 0.15) is 0 Å². The summed E-state index contributed by atoms with van der Waals surface area (Å²) in [6, 6.07) is -0.432. The molecule has 0 saturated carbocycles. The van der Waals surface area contributed by atoms with E-state index in [-0.39, 0.29) is 18.1 Å². The van der Waals surface area contributed by atoms with Crippen molar-refractivity contribution in [3.05, 3.63) is 0 Å². The summed E-state index contributed by atoms with van der Waals surface area (Å²) in [6.07, 6.45) is 2.13. The van der Waals surface area contributed by atoms with Crippen LogP contribution in [0.5, 0.6) is 0 Å². The quantitative estimate of drug-likeness (QED) is 0.583. The van der Waals surface area contributed by atoms with Crippen molar-refractivity contribution in [1.82, 2.24) is 5.32 Å². The summed E-state index contributed by atoms with van der Waals surface area (Å²) in [5.41, 5.74) is 5.28. The highest BCUT2D eigenvalue weighted by atomic mass is 16.3. The number of nitrogens with one attached hydrogen (secondary N) is 1. The lowest BCUT2D eigenvalue weighted by Crippen LogP contribution is -2.50. The minimum atomic E-state index is -0.432. The van der Waals surface area contributed by atoms with Gasteiger partial charge >= 0.3 is 0 Å². The highest BCUT2D eigenvalue weighted by Crippen LogP contribution is 2.07. The molecule has 0 rings (SSSR count). The van der Waals surface area contributed by atoms with Gasteiger partial charge in [-0.1, -0.05) is 13.3 Å². The molecule has 0 aliphatic rings. The Labute approximate surface area is 85.9 Å². The second-order valence-corrected chi connectivity index (χ2v) is 4.24. The fourth-order valence-electron chi connectivity index (χ4n) is 1.21. The number of hydrogen-bond acceptors (Lipinski definition) is 3. The van der Waals surface area contributed by atoms with E-state index in [0.717, 1.165) is 6.42 Å². The largest absolute Gasteiger partial charge is 0.396 e. The lowest BCUT2D eigenvalue weighted by atomic mass is 10.0. The van der Waals surface area contributed by atoms with Gasteiger partial charge in [0.05, 0.1) is 6.04 Å². The van der Waals surface area contributed by atoms with Crippen molar-refractivity contribution >= 4 is 5.91 Å². The molecule has 0 aliphatic carbocycles. The molecule has 0 fully saturated rings. The molecule has 0 heterocycles. The molecule has 0 saturated heterocycles. The summed E-state index contributed by atoms with van der Waals surface area (Å²) in [7, 11) is 0. The average Bonchev–Trinajstić information content (AvgIpc) is 2.03. The van der Waals surface area contributed by atoms with Crippen LogP contribution in [-0.2, 0) is 4.79 Å². The van der Waals surface area contributed by atoms with Crippen LogP contribution in [-0.4, -0.2) is 29.2 Å². The van der Waals surface area contributed by atoms with Crippen LogP contribution in [0.25, 0.3) is 0 Å². The first-order chi connectivity index (χ1) is 6.43. The lowest BCUT2D eigenvalue weighted by Gasteiger charge is -2.27. The molecule has 84 valence electrons. The predicted molar refractivity (Wildman–Crippen MR) is 56.8 cm³/mol. The van der Waals surface area contributed by atoms with E-state index >= 15 is 0 Å². The number of aliphatic hydroxyl groups is 1. The topological polar surface area (TPSA) is 75.4 Å².